The fraction of sp³-hybridized carbons (Fsp3) is 0.556. The van der Waals surface area contributed by atoms with Crippen LogP contribution in [0.3, 0.4) is 0 Å². The Morgan fingerprint density at radius 2 is 1.79 bits per heavy atom. The van der Waals surface area contributed by atoms with Crippen LogP contribution < -0.4 is 5.32 Å². The zero-order chi connectivity index (χ0) is 19.3. The lowest BCUT2D eigenvalue weighted by molar-refractivity contribution is -0.0239. The molecule has 6 rings (SSSR count). The second-order valence-electron chi connectivity index (χ2n) is 10.2. The molecule has 2 nitrogen and oxygen atoms in total. The first-order valence-electron chi connectivity index (χ1n) is 12.0. The van der Waals surface area contributed by atoms with Crippen molar-refractivity contribution in [2.75, 3.05) is 18.4 Å². The maximum absolute atomic E-state index is 3.66. The Balaban J connectivity index is 1.34. The molecule has 152 valence electrons. The molecule has 3 aliphatic carbocycles. The third-order valence-electron chi connectivity index (χ3n) is 8.73. The first-order valence-corrected chi connectivity index (χ1v) is 12.0. The van der Waals surface area contributed by atoms with Gasteiger partial charge in [-0.15, -0.1) is 0 Å². The number of hydrogen-bond acceptors (Lipinski definition) is 2. The van der Waals surface area contributed by atoms with Gasteiger partial charge in [-0.1, -0.05) is 43.5 Å². The van der Waals surface area contributed by atoms with Crippen molar-refractivity contribution in [3.63, 3.8) is 0 Å². The summed E-state index contributed by atoms with van der Waals surface area (Å²) in [7, 11) is 0. The molecule has 1 saturated heterocycles. The van der Waals surface area contributed by atoms with Crippen LogP contribution in [0.5, 0.6) is 0 Å². The predicted octanol–water partition coefficient (Wildman–Crippen LogP) is 6.29. The minimum Gasteiger partial charge on any atom is -0.356 e. The summed E-state index contributed by atoms with van der Waals surface area (Å²) in [5.74, 6) is 1.87. The summed E-state index contributed by atoms with van der Waals surface area (Å²) in [6.07, 6.45) is 12.8. The average Bonchev–Trinajstić information content (AvgIpc) is 2.73. The quantitative estimate of drug-likeness (QED) is 0.664. The Bertz CT molecular complexity index is 871. The molecule has 0 aromatic heterocycles. The van der Waals surface area contributed by atoms with Crippen LogP contribution >= 0.6 is 0 Å². The van der Waals surface area contributed by atoms with E-state index in [4.69, 9.17) is 0 Å². The van der Waals surface area contributed by atoms with Crippen molar-refractivity contribution in [1.29, 1.82) is 0 Å². The van der Waals surface area contributed by atoms with E-state index in [0.29, 0.717) is 5.41 Å². The van der Waals surface area contributed by atoms with Crippen LogP contribution in [-0.4, -0.2) is 24.0 Å². The number of benzene rings is 2. The molecule has 2 saturated carbocycles. The third kappa shape index (κ3) is 3.03. The Kier molecular flexibility index (Phi) is 4.45. The monoisotopic (exact) mass is 386 g/mol. The van der Waals surface area contributed by atoms with Crippen molar-refractivity contribution in [2.45, 2.75) is 69.2 Å². The van der Waals surface area contributed by atoms with Gasteiger partial charge in [-0.25, -0.2) is 0 Å². The SMILES string of the molecule is c1ccc(Nc2ccc3c(c2)C24CCCCC2C(C3)N(CC2CCC2)CC4)cc1. The molecule has 2 heteroatoms. The topological polar surface area (TPSA) is 15.3 Å². The number of fused-ring (bicyclic) bond motifs is 1. The van der Waals surface area contributed by atoms with Gasteiger partial charge in [0.2, 0.25) is 0 Å². The molecule has 0 amide bonds. The summed E-state index contributed by atoms with van der Waals surface area (Å²) in [6, 6.07) is 18.7. The lowest BCUT2D eigenvalue weighted by Gasteiger charge is -2.59. The van der Waals surface area contributed by atoms with Gasteiger partial charge in [0.05, 0.1) is 0 Å². The summed E-state index contributed by atoms with van der Waals surface area (Å²) in [5.41, 5.74) is 6.24. The highest BCUT2D eigenvalue weighted by molar-refractivity contribution is 5.62. The molecule has 2 aromatic carbocycles. The van der Waals surface area contributed by atoms with Crippen molar-refractivity contribution in [3.05, 3.63) is 59.7 Å². The van der Waals surface area contributed by atoms with Crippen molar-refractivity contribution in [3.8, 4) is 0 Å². The van der Waals surface area contributed by atoms with Gasteiger partial charge in [0.1, 0.15) is 0 Å². The van der Waals surface area contributed by atoms with Crippen molar-refractivity contribution in [1.82, 2.24) is 4.90 Å². The van der Waals surface area contributed by atoms with E-state index < -0.39 is 0 Å². The maximum Gasteiger partial charge on any atom is 0.0387 e. The van der Waals surface area contributed by atoms with Crippen LogP contribution in [0, 0.1) is 11.8 Å². The summed E-state index contributed by atoms with van der Waals surface area (Å²) < 4.78 is 0. The van der Waals surface area contributed by atoms with E-state index >= 15 is 0 Å². The van der Waals surface area contributed by atoms with Crippen LogP contribution in [0.25, 0.3) is 0 Å². The molecule has 2 bridgehead atoms. The standard InChI is InChI=1S/C27H34N2/c1-2-9-22(10-3-1)28-23-13-12-21-17-26-24-11-4-5-14-27(24,25(21)18-23)15-16-29(26)19-20-7-6-8-20/h1-3,9-10,12-13,18,20,24,26,28H,4-8,11,14-17,19H2. The molecule has 3 fully saturated rings. The van der Waals surface area contributed by atoms with Gasteiger partial charge in [0.15, 0.2) is 0 Å². The van der Waals surface area contributed by atoms with Gasteiger partial charge in [-0.2, -0.15) is 0 Å². The van der Waals surface area contributed by atoms with Crippen LogP contribution in [0.1, 0.15) is 62.5 Å². The second-order valence-corrected chi connectivity index (χ2v) is 10.2. The molecule has 1 aliphatic heterocycles. The van der Waals surface area contributed by atoms with Gasteiger partial charge in [-0.05, 0) is 92.3 Å². The number of rotatable bonds is 4. The maximum atomic E-state index is 3.66. The molecule has 1 heterocycles. The van der Waals surface area contributed by atoms with E-state index in [2.05, 4.69) is 58.7 Å². The summed E-state index contributed by atoms with van der Waals surface area (Å²) in [4.78, 5) is 2.93. The first-order chi connectivity index (χ1) is 14.3. The number of hydrogen-bond donors (Lipinski definition) is 1. The first kappa shape index (κ1) is 18.0. The molecule has 1 N–H and O–H groups in total. The number of para-hydroxylation sites is 1. The fourth-order valence-electron chi connectivity index (χ4n) is 7.08. The number of piperidine rings is 1. The molecule has 4 aliphatic rings. The third-order valence-corrected chi connectivity index (χ3v) is 8.73. The highest BCUT2D eigenvalue weighted by atomic mass is 15.2. The lowest BCUT2D eigenvalue weighted by atomic mass is 9.52. The molecule has 2 aromatic rings. The van der Waals surface area contributed by atoms with E-state index in [1.54, 1.807) is 11.1 Å². The lowest BCUT2D eigenvalue weighted by Crippen LogP contribution is -2.61. The van der Waals surface area contributed by atoms with Gasteiger partial charge in [0, 0.05) is 29.4 Å². The zero-order valence-electron chi connectivity index (χ0n) is 17.6. The molecule has 0 spiro atoms. The minimum atomic E-state index is 0.445. The van der Waals surface area contributed by atoms with Gasteiger partial charge in [0.25, 0.3) is 0 Å². The van der Waals surface area contributed by atoms with Crippen LogP contribution in [0.2, 0.25) is 0 Å². The van der Waals surface area contributed by atoms with Crippen LogP contribution in [0.4, 0.5) is 11.4 Å². The molecule has 3 unspecified atom stereocenters. The molecular formula is C27H34N2. The molecular weight excluding hydrogens is 352 g/mol. The number of nitrogens with one attached hydrogen (secondary N) is 1. The summed E-state index contributed by atoms with van der Waals surface area (Å²) in [6.45, 7) is 2.70. The van der Waals surface area contributed by atoms with E-state index in [1.165, 1.54) is 82.3 Å². The number of likely N-dealkylation sites (tertiary alicyclic amines) is 1. The number of anilines is 2. The Labute approximate surface area is 175 Å². The van der Waals surface area contributed by atoms with Gasteiger partial charge in [-0.3, -0.25) is 4.90 Å². The number of nitrogens with zero attached hydrogens (tertiary/aromatic N) is 1. The highest BCUT2D eigenvalue weighted by Crippen LogP contribution is 2.56. The predicted molar refractivity (Wildman–Crippen MR) is 121 cm³/mol. The smallest absolute Gasteiger partial charge is 0.0387 e. The average molecular weight is 387 g/mol. The largest absolute Gasteiger partial charge is 0.356 e. The fourth-order valence-corrected chi connectivity index (χ4v) is 7.08. The Hall–Kier alpha value is -1.80. The van der Waals surface area contributed by atoms with Crippen molar-refractivity contribution in [2.24, 2.45) is 11.8 Å². The Morgan fingerprint density at radius 1 is 0.897 bits per heavy atom. The van der Waals surface area contributed by atoms with Crippen molar-refractivity contribution >= 4 is 11.4 Å². The van der Waals surface area contributed by atoms with E-state index in [-0.39, 0.29) is 0 Å². The summed E-state index contributed by atoms with van der Waals surface area (Å²) in [5, 5.41) is 3.66. The summed E-state index contributed by atoms with van der Waals surface area (Å²) >= 11 is 0. The highest BCUT2D eigenvalue weighted by Gasteiger charge is 2.53. The van der Waals surface area contributed by atoms with Crippen molar-refractivity contribution < 1.29 is 0 Å². The van der Waals surface area contributed by atoms with Crippen LogP contribution in [0.15, 0.2) is 48.5 Å². The van der Waals surface area contributed by atoms with E-state index in [9.17, 15) is 0 Å². The second kappa shape index (κ2) is 7.16. The normalized spacial score (nSPS) is 31.4. The van der Waals surface area contributed by atoms with Gasteiger partial charge < -0.3 is 5.32 Å². The Morgan fingerprint density at radius 3 is 2.62 bits per heavy atom. The molecule has 29 heavy (non-hydrogen) atoms. The zero-order valence-corrected chi connectivity index (χ0v) is 17.6. The van der Waals surface area contributed by atoms with E-state index in [0.717, 1.165) is 17.9 Å². The minimum absolute atomic E-state index is 0.445. The molecule has 3 atom stereocenters. The van der Waals surface area contributed by atoms with Crippen LogP contribution in [-0.2, 0) is 11.8 Å². The van der Waals surface area contributed by atoms with E-state index in [1.807, 2.05) is 0 Å². The molecule has 0 radical (unpaired) electrons. The van der Waals surface area contributed by atoms with Gasteiger partial charge >= 0.3 is 0 Å².